The van der Waals surface area contributed by atoms with Crippen molar-refractivity contribution < 1.29 is 14.3 Å². The highest BCUT2D eigenvalue weighted by Crippen LogP contribution is 2.29. The molecule has 1 aromatic rings. The van der Waals surface area contributed by atoms with E-state index in [1.807, 2.05) is 31.2 Å². The zero-order chi connectivity index (χ0) is 14.5. The van der Waals surface area contributed by atoms with Crippen LogP contribution in [0, 0.1) is 0 Å². The minimum atomic E-state index is -0.0774. The van der Waals surface area contributed by atoms with Gasteiger partial charge in [0.15, 0.2) is 0 Å². The van der Waals surface area contributed by atoms with Crippen LogP contribution in [0.1, 0.15) is 23.7 Å². The Hall–Kier alpha value is -1.59. The van der Waals surface area contributed by atoms with E-state index in [0.29, 0.717) is 12.2 Å². The summed E-state index contributed by atoms with van der Waals surface area (Å²) < 4.78 is 11.1. The third kappa shape index (κ3) is 3.11. The standard InChI is InChI=1S/C15H22N2O3/c1-4-20-13-9-12(14(13)19-3)17-11-7-5-10(6-8-11)15(18)16-2/h5-8,12-14,17H,4,9H2,1-3H3,(H,16,18). The van der Waals surface area contributed by atoms with Crippen LogP contribution in [-0.2, 0) is 9.47 Å². The highest BCUT2D eigenvalue weighted by molar-refractivity contribution is 5.94. The lowest BCUT2D eigenvalue weighted by Crippen LogP contribution is -2.56. The molecule has 0 heterocycles. The van der Waals surface area contributed by atoms with Crippen LogP contribution in [0.25, 0.3) is 0 Å². The van der Waals surface area contributed by atoms with E-state index < -0.39 is 0 Å². The zero-order valence-corrected chi connectivity index (χ0v) is 12.2. The molecule has 2 rings (SSSR count). The Bertz CT molecular complexity index is 447. The molecule has 0 radical (unpaired) electrons. The maximum absolute atomic E-state index is 11.5. The summed E-state index contributed by atoms with van der Waals surface area (Å²) in [4.78, 5) is 11.5. The van der Waals surface area contributed by atoms with Gasteiger partial charge in [0.2, 0.25) is 0 Å². The SMILES string of the molecule is CCOC1CC(Nc2ccc(C(=O)NC)cc2)C1OC. The first-order valence-electron chi connectivity index (χ1n) is 6.92. The Morgan fingerprint density at radius 1 is 1.35 bits per heavy atom. The van der Waals surface area contributed by atoms with Gasteiger partial charge in [-0.15, -0.1) is 0 Å². The Balaban J connectivity index is 1.92. The number of hydrogen-bond acceptors (Lipinski definition) is 4. The van der Waals surface area contributed by atoms with Crippen LogP contribution >= 0.6 is 0 Å². The normalized spacial score (nSPS) is 24.9. The predicted molar refractivity (Wildman–Crippen MR) is 78.1 cm³/mol. The second-order valence-corrected chi connectivity index (χ2v) is 4.84. The van der Waals surface area contributed by atoms with E-state index in [9.17, 15) is 4.79 Å². The van der Waals surface area contributed by atoms with E-state index in [2.05, 4.69) is 10.6 Å². The summed E-state index contributed by atoms with van der Waals surface area (Å²) in [6, 6.07) is 7.68. The van der Waals surface area contributed by atoms with Crippen LogP contribution in [0.15, 0.2) is 24.3 Å². The second-order valence-electron chi connectivity index (χ2n) is 4.84. The number of hydrogen-bond donors (Lipinski definition) is 2. The van der Waals surface area contributed by atoms with E-state index in [1.54, 1.807) is 14.2 Å². The molecule has 3 unspecified atom stereocenters. The third-order valence-corrected chi connectivity index (χ3v) is 3.63. The molecule has 0 aromatic heterocycles. The number of rotatable bonds is 6. The van der Waals surface area contributed by atoms with Gasteiger partial charge in [0, 0.05) is 32.0 Å². The zero-order valence-electron chi connectivity index (χ0n) is 12.2. The van der Waals surface area contributed by atoms with Crippen molar-refractivity contribution in [1.82, 2.24) is 5.32 Å². The van der Waals surface area contributed by atoms with Crippen molar-refractivity contribution in [3.05, 3.63) is 29.8 Å². The van der Waals surface area contributed by atoms with Gasteiger partial charge < -0.3 is 20.1 Å². The topological polar surface area (TPSA) is 59.6 Å². The Morgan fingerprint density at radius 3 is 2.60 bits per heavy atom. The van der Waals surface area contributed by atoms with Gasteiger partial charge in [0.25, 0.3) is 5.91 Å². The van der Waals surface area contributed by atoms with Crippen LogP contribution in [0.5, 0.6) is 0 Å². The van der Waals surface area contributed by atoms with Crippen LogP contribution < -0.4 is 10.6 Å². The van der Waals surface area contributed by atoms with Gasteiger partial charge in [0.05, 0.1) is 12.1 Å². The molecule has 3 atom stereocenters. The molecule has 1 amide bonds. The summed E-state index contributed by atoms with van der Waals surface area (Å²) in [5, 5.41) is 6.02. The van der Waals surface area contributed by atoms with Gasteiger partial charge in [-0.2, -0.15) is 0 Å². The molecular formula is C15H22N2O3. The molecule has 1 aliphatic carbocycles. The maximum atomic E-state index is 11.5. The van der Waals surface area contributed by atoms with Gasteiger partial charge in [-0.3, -0.25) is 4.79 Å². The van der Waals surface area contributed by atoms with Gasteiger partial charge >= 0.3 is 0 Å². The Morgan fingerprint density at radius 2 is 2.05 bits per heavy atom. The Kier molecular flexibility index (Phi) is 4.98. The molecule has 0 spiro atoms. The molecule has 5 nitrogen and oxygen atoms in total. The first-order valence-corrected chi connectivity index (χ1v) is 6.92. The second kappa shape index (κ2) is 6.72. The molecule has 2 N–H and O–H groups in total. The van der Waals surface area contributed by atoms with Gasteiger partial charge in [-0.1, -0.05) is 0 Å². The lowest BCUT2D eigenvalue weighted by atomic mass is 9.85. The minimum absolute atomic E-state index is 0.0774. The molecule has 1 saturated carbocycles. The number of anilines is 1. The lowest BCUT2D eigenvalue weighted by Gasteiger charge is -2.43. The monoisotopic (exact) mass is 278 g/mol. The van der Waals surface area contributed by atoms with Crippen molar-refractivity contribution in [2.24, 2.45) is 0 Å². The lowest BCUT2D eigenvalue weighted by molar-refractivity contribution is -0.118. The van der Waals surface area contributed by atoms with Crippen molar-refractivity contribution in [3.8, 4) is 0 Å². The summed E-state index contributed by atoms with van der Waals surface area (Å²) in [5.41, 5.74) is 1.64. The van der Waals surface area contributed by atoms with E-state index in [-0.39, 0.29) is 24.2 Å². The summed E-state index contributed by atoms with van der Waals surface area (Å²) in [6.07, 6.45) is 1.19. The van der Waals surface area contributed by atoms with Crippen molar-refractivity contribution in [1.29, 1.82) is 0 Å². The average Bonchev–Trinajstić information content (AvgIpc) is 2.46. The summed E-state index contributed by atoms with van der Waals surface area (Å²) in [7, 11) is 3.33. The molecule has 110 valence electrons. The molecule has 20 heavy (non-hydrogen) atoms. The molecule has 0 saturated heterocycles. The molecule has 1 aromatic carbocycles. The van der Waals surface area contributed by atoms with Crippen LogP contribution in [0.2, 0.25) is 0 Å². The number of nitrogens with one attached hydrogen (secondary N) is 2. The number of benzene rings is 1. The van der Waals surface area contributed by atoms with Crippen molar-refractivity contribution in [2.45, 2.75) is 31.6 Å². The summed E-state index contributed by atoms with van der Waals surface area (Å²) in [5.74, 6) is -0.0774. The third-order valence-electron chi connectivity index (χ3n) is 3.63. The molecular weight excluding hydrogens is 256 g/mol. The van der Waals surface area contributed by atoms with Crippen molar-refractivity contribution in [2.75, 3.05) is 26.1 Å². The summed E-state index contributed by atoms with van der Waals surface area (Å²) >= 11 is 0. The van der Waals surface area contributed by atoms with Gasteiger partial charge in [0.1, 0.15) is 6.10 Å². The Labute approximate surface area is 119 Å². The van der Waals surface area contributed by atoms with E-state index in [4.69, 9.17) is 9.47 Å². The van der Waals surface area contributed by atoms with E-state index >= 15 is 0 Å². The highest BCUT2D eigenvalue weighted by atomic mass is 16.5. The number of methoxy groups -OCH3 is 1. The number of ether oxygens (including phenoxy) is 2. The smallest absolute Gasteiger partial charge is 0.251 e. The minimum Gasteiger partial charge on any atom is -0.379 e. The fourth-order valence-corrected chi connectivity index (χ4v) is 2.49. The molecule has 5 heteroatoms. The van der Waals surface area contributed by atoms with Gasteiger partial charge in [-0.25, -0.2) is 0 Å². The average molecular weight is 278 g/mol. The molecule has 1 fully saturated rings. The van der Waals surface area contributed by atoms with E-state index in [0.717, 1.165) is 12.1 Å². The predicted octanol–water partition coefficient (Wildman–Crippen LogP) is 1.65. The van der Waals surface area contributed by atoms with Crippen LogP contribution in [-0.4, -0.2) is 44.9 Å². The number of carbonyl (C=O) groups excluding carboxylic acids is 1. The number of amides is 1. The first kappa shape index (κ1) is 14.8. The molecule has 0 aliphatic heterocycles. The largest absolute Gasteiger partial charge is 0.379 e. The van der Waals surface area contributed by atoms with Crippen molar-refractivity contribution >= 4 is 11.6 Å². The van der Waals surface area contributed by atoms with E-state index in [1.165, 1.54) is 0 Å². The number of carbonyl (C=O) groups is 1. The maximum Gasteiger partial charge on any atom is 0.251 e. The van der Waals surface area contributed by atoms with Gasteiger partial charge in [-0.05, 0) is 37.6 Å². The molecule has 1 aliphatic rings. The van der Waals surface area contributed by atoms with Crippen molar-refractivity contribution in [3.63, 3.8) is 0 Å². The fraction of sp³-hybridized carbons (Fsp3) is 0.533. The van der Waals surface area contributed by atoms with Crippen LogP contribution in [0.3, 0.4) is 0 Å². The van der Waals surface area contributed by atoms with Crippen LogP contribution in [0.4, 0.5) is 5.69 Å². The first-order chi connectivity index (χ1) is 9.69. The summed E-state index contributed by atoms with van der Waals surface area (Å²) in [6.45, 7) is 2.70. The molecule has 0 bridgehead atoms. The fourth-order valence-electron chi connectivity index (χ4n) is 2.49. The highest BCUT2D eigenvalue weighted by Gasteiger charge is 2.42. The quantitative estimate of drug-likeness (QED) is 0.830.